The van der Waals surface area contributed by atoms with Gasteiger partial charge in [-0.05, 0) is 54.6 Å². The highest BCUT2D eigenvalue weighted by molar-refractivity contribution is 5.36. The van der Waals surface area contributed by atoms with Crippen molar-refractivity contribution in [2.75, 3.05) is 13.1 Å². The molecule has 5 heteroatoms. The Morgan fingerprint density at radius 3 is 1.91 bits per heavy atom. The van der Waals surface area contributed by atoms with Crippen LogP contribution in [0.5, 0.6) is 0 Å². The van der Waals surface area contributed by atoms with Gasteiger partial charge >= 0.3 is 6.18 Å². The molecule has 3 aromatic rings. The second-order valence-corrected chi connectivity index (χ2v) is 9.09. The van der Waals surface area contributed by atoms with E-state index in [0.717, 1.165) is 32.0 Å². The lowest BCUT2D eigenvalue weighted by atomic mass is 9.72. The van der Waals surface area contributed by atoms with Crippen LogP contribution < -0.4 is 0 Å². The number of halogens is 3. The molecular weight excluding hydrogens is 423 g/mol. The SMILES string of the molecule is FC(F)(F)c1ccccc1CO[C@@H]1C2CCN(CC2)[C@@H]1C(c1ccccc1)c1ccccc1. The molecule has 3 fully saturated rings. The quantitative estimate of drug-likeness (QED) is 0.423. The van der Waals surface area contributed by atoms with Crippen molar-refractivity contribution in [1.82, 2.24) is 4.90 Å². The molecule has 0 aliphatic carbocycles. The van der Waals surface area contributed by atoms with Crippen molar-refractivity contribution in [3.63, 3.8) is 0 Å². The van der Waals surface area contributed by atoms with Crippen LogP contribution in [0, 0.1) is 5.92 Å². The normalized spacial score (nSPS) is 24.8. The maximum absolute atomic E-state index is 13.5. The van der Waals surface area contributed by atoms with Gasteiger partial charge < -0.3 is 4.74 Å². The Labute approximate surface area is 193 Å². The van der Waals surface area contributed by atoms with Crippen LogP contribution in [0.4, 0.5) is 13.2 Å². The van der Waals surface area contributed by atoms with Crippen LogP contribution in [0.2, 0.25) is 0 Å². The average molecular weight is 452 g/mol. The van der Waals surface area contributed by atoms with Crippen LogP contribution in [0.15, 0.2) is 84.9 Å². The summed E-state index contributed by atoms with van der Waals surface area (Å²) in [5.74, 6) is 0.450. The molecule has 3 aliphatic heterocycles. The number of piperidine rings is 3. The Kier molecular flexibility index (Phi) is 6.26. The van der Waals surface area contributed by atoms with Gasteiger partial charge in [0.2, 0.25) is 0 Å². The molecule has 2 atom stereocenters. The van der Waals surface area contributed by atoms with Crippen LogP contribution in [-0.4, -0.2) is 30.1 Å². The van der Waals surface area contributed by atoms with Crippen LogP contribution in [0.3, 0.4) is 0 Å². The minimum Gasteiger partial charge on any atom is -0.372 e. The topological polar surface area (TPSA) is 12.5 Å². The average Bonchev–Trinajstić information content (AvgIpc) is 2.85. The number of nitrogens with zero attached hydrogens (tertiary/aromatic N) is 1. The van der Waals surface area contributed by atoms with Crippen molar-refractivity contribution in [3.05, 3.63) is 107 Å². The molecule has 0 aromatic heterocycles. The van der Waals surface area contributed by atoms with E-state index in [9.17, 15) is 13.2 Å². The number of rotatable bonds is 6. The summed E-state index contributed by atoms with van der Waals surface area (Å²) < 4.78 is 47.1. The summed E-state index contributed by atoms with van der Waals surface area (Å²) in [6.45, 7) is 1.98. The zero-order chi connectivity index (χ0) is 22.8. The van der Waals surface area contributed by atoms with Crippen LogP contribution >= 0.6 is 0 Å². The summed E-state index contributed by atoms with van der Waals surface area (Å²) in [7, 11) is 0. The zero-order valence-corrected chi connectivity index (χ0v) is 18.4. The van der Waals surface area contributed by atoms with E-state index in [1.54, 1.807) is 6.07 Å². The lowest BCUT2D eigenvalue weighted by Crippen LogP contribution is -2.60. The molecule has 0 spiro atoms. The van der Waals surface area contributed by atoms with Gasteiger partial charge in [0.25, 0.3) is 0 Å². The van der Waals surface area contributed by atoms with Crippen LogP contribution in [0.25, 0.3) is 0 Å². The number of ether oxygens (including phenoxy) is 1. The smallest absolute Gasteiger partial charge is 0.372 e. The molecule has 6 rings (SSSR count). The van der Waals surface area contributed by atoms with Crippen molar-refractivity contribution in [3.8, 4) is 0 Å². The first-order valence-electron chi connectivity index (χ1n) is 11.6. The molecular formula is C28H28F3NO. The number of hydrogen-bond donors (Lipinski definition) is 0. The third-order valence-electron chi connectivity index (χ3n) is 7.21. The lowest BCUT2D eigenvalue weighted by Gasteiger charge is -2.53. The van der Waals surface area contributed by atoms with E-state index in [0.29, 0.717) is 5.92 Å². The van der Waals surface area contributed by atoms with E-state index < -0.39 is 11.7 Å². The lowest BCUT2D eigenvalue weighted by molar-refractivity contribution is -0.142. The summed E-state index contributed by atoms with van der Waals surface area (Å²) >= 11 is 0. The third-order valence-corrected chi connectivity index (χ3v) is 7.21. The molecule has 33 heavy (non-hydrogen) atoms. The summed E-state index contributed by atoms with van der Waals surface area (Å²) in [5, 5.41) is 0. The highest BCUT2D eigenvalue weighted by Crippen LogP contribution is 2.44. The molecule has 3 aliphatic rings. The molecule has 3 aromatic carbocycles. The summed E-state index contributed by atoms with van der Waals surface area (Å²) in [6, 6.07) is 26.7. The van der Waals surface area contributed by atoms with Crippen molar-refractivity contribution < 1.29 is 17.9 Å². The van der Waals surface area contributed by atoms with E-state index >= 15 is 0 Å². The van der Waals surface area contributed by atoms with Gasteiger partial charge in [0.05, 0.1) is 18.3 Å². The van der Waals surface area contributed by atoms with E-state index in [1.165, 1.54) is 23.3 Å². The molecule has 0 saturated carbocycles. The Balaban J connectivity index is 1.49. The van der Waals surface area contributed by atoms with Crippen LogP contribution in [-0.2, 0) is 17.5 Å². The number of alkyl halides is 3. The molecule has 3 heterocycles. The van der Waals surface area contributed by atoms with Gasteiger partial charge in [-0.1, -0.05) is 78.9 Å². The minimum absolute atomic E-state index is 0.0303. The second-order valence-electron chi connectivity index (χ2n) is 9.09. The first-order valence-corrected chi connectivity index (χ1v) is 11.6. The van der Waals surface area contributed by atoms with E-state index in [4.69, 9.17) is 4.74 Å². The van der Waals surface area contributed by atoms with Crippen molar-refractivity contribution in [1.29, 1.82) is 0 Å². The van der Waals surface area contributed by atoms with Gasteiger partial charge in [-0.3, -0.25) is 4.90 Å². The van der Waals surface area contributed by atoms with Crippen LogP contribution in [0.1, 0.15) is 41.0 Å². The molecule has 0 N–H and O–H groups in total. The molecule has 3 saturated heterocycles. The number of benzene rings is 3. The Morgan fingerprint density at radius 1 is 0.788 bits per heavy atom. The number of hydrogen-bond acceptors (Lipinski definition) is 2. The Bertz CT molecular complexity index is 1010. The maximum Gasteiger partial charge on any atom is 0.416 e. The molecule has 0 radical (unpaired) electrons. The first kappa shape index (κ1) is 22.2. The van der Waals surface area contributed by atoms with E-state index in [1.807, 2.05) is 12.1 Å². The molecule has 0 unspecified atom stereocenters. The summed E-state index contributed by atoms with van der Waals surface area (Å²) in [6.07, 6.45) is -2.46. The predicted molar refractivity (Wildman–Crippen MR) is 123 cm³/mol. The Hall–Kier alpha value is -2.63. The highest BCUT2D eigenvalue weighted by Gasteiger charge is 2.47. The standard InChI is InChI=1S/C28H28F3NO/c29-28(30,31)24-14-8-7-13-23(24)19-33-27-22-15-17-32(18-16-22)26(27)25(20-9-3-1-4-10-20)21-11-5-2-6-12-21/h1-14,22,25-27H,15-19H2/t26-,27-/m1/s1. The largest absolute Gasteiger partial charge is 0.416 e. The van der Waals surface area contributed by atoms with E-state index in [2.05, 4.69) is 53.4 Å². The fraction of sp³-hybridized carbons (Fsp3) is 0.357. The molecule has 0 amide bonds. The molecule has 172 valence electrons. The minimum atomic E-state index is -4.38. The van der Waals surface area contributed by atoms with Crippen molar-refractivity contribution >= 4 is 0 Å². The predicted octanol–water partition coefficient (Wildman–Crippen LogP) is 6.52. The maximum atomic E-state index is 13.5. The van der Waals surface area contributed by atoms with Gasteiger partial charge in [0.1, 0.15) is 0 Å². The van der Waals surface area contributed by atoms with Crippen molar-refractivity contribution in [2.45, 2.75) is 43.7 Å². The van der Waals surface area contributed by atoms with Gasteiger partial charge in [-0.25, -0.2) is 0 Å². The number of fused-ring (bicyclic) bond motifs is 3. The highest BCUT2D eigenvalue weighted by atomic mass is 19.4. The van der Waals surface area contributed by atoms with Gasteiger partial charge in [0.15, 0.2) is 0 Å². The fourth-order valence-electron chi connectivity index (χ4n) is 5.68. The third kappa shape index (κ3) is 4.57. The summed E-state index contributed by atoms with van der Waals surface area (Å²) in [4.78, 5) is 2.49. The zero-order valence-electron chi connectivity index (χ0n) is 18.4. The van der Waals surface area contributed by atoms with Gasteiger partial charge in [-0.15, -0.1) is 0 Å². The van der Waals surface area contributed by atoms with Gasteiger partial charge in [0, 0.05) is 12.0 Å². The fourth-order valence-corrected chi connectivity index (χ4v) is 5.68. The second kappa shape index (κ2) is 9.32. The Morgan fingerprint density at radius 2 is 1.33 bits per heavy atom. The van der Waals surface area contributed by atoms with Crippen molar-refractivity contribution in [2.24, 2.45) is 5.92 Å². The van der Waals surface area contributed by atoms with Gasteiger partial charge in [-0.2, -0.15) is 13.2 Å². The molecule has 2 bridgehead atoms. The summed E-state index contributed by atoms with van der Waals surface area (Å²) in [5.41, 5.74) is 2.03. The van der Waals surface area contributed by atoms with E-state index in [-0.39, 0.29) is 30.2 Å². The molecule has 2 nitrogen and oxygen atoms in total. The first-order chi connectivity index (χ1) is 16.0. The monoisotopic (exact) mass is 451 g/mol.